The van der Waals surface area contributed by atoms with Crippen molar-refractivity contribution in [3.05, 3.63) is 77.8 Å². The molecule has 0 aliphatic rings. The van der Waals surface area contributed by atoms with E-state index < -0.39 is 115 Å². The zero-order valence-electron chi connectivity index (χ0n) is 24.2. The average Bonchev–Trinajstić information content (AvgIpc) is 2.99. The van der Waals surface area contributed by atoms with Gasteiger partial charge in [0.1, 0.15) is 36.8 Å². The van der Waals surface area contributed by atoms with Crippen LogP contribution in [0.15, 0.2) is 80.2 Å². The van der Waals surface area contributed by atoms with Crippen LogP contribution >= 0.6 is 11.6 Å². The van der Waals surface area contributed by atoms with E-state index >= 15 is 0 Å². The SMILES string of the molecule is O=S(=O)(O)c1[c]c(O)c2ccc(-c3c(S(=O)(=O)O)cc4c(S(=O)(=O)O)c(-c5c(S(=O)(=O)O)cc6c[c]ccc6c5O)ccc4c3O)c(Cl)c2c1. The van der Waals surface area contributed by atoms with Gasteiger partial charge in [-0.3, -0.25) is 18.2 Å². The number of rotatable bonds is 6. The van der Waals surface area contributed by atoms with Gasteiger partial charge in [-0.1, -0.05) is 35.9 Å². The fourth-order valence-corrected chi connectivity index (χ4v) is 8.85. The highest BCUT2D eigenvalue weighted by Gasteiger charge is 2.33. The van der Waals surface area contributed by atoms with Gasteiger partial charge in [-0.2, -0.15) is 33.7 Å². The predicted octanol–water partition coefficient (Wildman–Crippen LogP) is 4.84. The van der Waals surface area contributed by atoms with Crippen molar-refractivity contribution in [1.82, 2.24) is 0 Å². The highest BCUT2D eigenvalue weighted by molar-refractivity contribution is 7.87. The number of phenolic OH excluding ortho intramolecular Hbond substituents is 3. The van der Waals surface area contributed by atoms with Crippen molar-refractivity contribution in [3.63, 3.8) is 0 Å². The highest BCUT2D eigenvalue weighted by atomic mass is 35.5. The van der Waals surface area contributed by atoms with Crippen LogP contribution in [-0.2, 0) is 40.5 Å². The molecular weight excluding hydrogens is 764 g/mol. The maximum atomic E-state index is 13.0. The topological polar surface area (TPSA) is 278 Å². The van der Waals surface area contributed by atoms with E-state index in [-0.39, 0.29) is 21.5 Å². The van der Waals surface area contributed by atoms with Crippen LogP contribution in [0.4, 0.5) is 0 Å². The van der Waals surface area contributed by atoms with Crippen molar-refractivity contribution in [2.75, 3.05) is 0 Å². The monoisotopic (exact) mass is 780 g/mol. The third-order valence-corrected chi connectivity index (χ3v) is 11.6. The first-order chi connectivity index (χ1) is 23.0. The second-order valence-corrected chi connectivity index (χ2v) is 16.6. The Hall–Kier alpha value is -4.57. The maximum Gasteiger partial charge on any atom is 0.295 e. The predicted molar refractivity (Wildman–Crippen MR) is 177 cm³/mol. The van der Waals surface area contributed by atoms with Crippen LogP contribution in [0.25, 0.3) is 54.6 Å². The Morgan fingerprint density at radius 1 is 0.560 bits per heavy atom. The Balaban J connectivity index is 1.79. The molecule has 0 aliphatic heterocycles. The molecule has 6 aromatic rings. The Labute approximate surface area is 287 Å². The molecule has 15 nitrogen and oxygen atoms in total. The number of hydrogen-bond donors (Lipinski definition) is 7. The minimum atomic E-state index is -5.58. The minimum absolute atomic E-state index is 0.0358. The molecule has 50 heavy (non-hydrogen) atoms. The molecule has 0 heterocycles. The van der Waals surface area contributed by atoms with Crippen molar-refractivity contribution >= 4 is 84.4 Å². The lowest BCUT2D eigenvalue weighted by atomic mass is 9.93. The number of fused-ring (bicyclic) bond motifs is 3. The molecule has 0 saturated heterocycles. The molecule has 258 valence electrons. The van der Waals surface area contributed by atoms with Gasteiger partial charge in [-0.05, 0) is 47.9 Å². The molecule has 0 saturated carbocycles. The summed E-state index contributed by atoms with van der Waals surface area (Å²) in [6.45, 7) is 0. The molecule has 0 atom stereocenters. The van der Waals surface area contributed by atoms with Gasteiger partial charge in [0, 0.05) is 49.2 Å². The molecule has 0 amide bonds. The second kappa shape index (κ2) is 11.5. The van der Waals surface area contributed by atoms with Gasteiger partial charge in [0.2, 0.25) is 0 Å². The molecule has 6 rings (SSSR count). The summed E-state index contributed by atoms with van der Waals surface area (Å²) in [5, 5.41) is 30.6. The van der Waals surface area contributed by atoms with Gasteiger partial charge in [-0.15, -0.1) is 0 Å². The lowest BCUT2D eigenvalue weighted by molar-refractivity contribution is 0.469. The van der Waals surface area contributed by atoms with E-state index in [4.69, 9.17) is 11.6 Å². The molecule has 2 radical (unpaired) electrons. The lowest BCUT2D eigenvalue weighted by Crippen LogP contribution is -2.08. The Morgan fingerprint density at radius 2 is 1.12 bits per heavy atom. The van der Waals surface area contributed by atoms with Gasteiger partial charge >= 0.3 is 0 Å². The first-order valence-corrected chi connectivity index (χ1v) is 19.4. The largest absolute Gasteiger partial charge is 0.507 e. The molecular formula is C30H17ClO15S4. The van der Waals surface area contributed by atoms with E-state index in [1.54, 1.807) is 0 Å². The summed E-state index contributed by atoms with van der Waals surface area (Å²) < 4.78 is 140. The standard InChI is InChI=1S/C30H17ClO15S4/c31-27-18(7-5-16-20(27)10-14(11-22(16)32)47(35,36)37)25-24(49(41,42)43)12-21-17(29(25)34)6-8-19(30(21)50(44,45)46)26-23(48(38,39)40)9-13-3-1-2-4-15(13)28(26)33/h2-10,12,32-34H,(H,35,36,37)(H,38,39,40)(H,41,42,43)(H,44,45,46). The molecule has 0 bridgehead atoms. The van der Waals surface area contributed by atoms with Crippen LogP contribution in [-0.4, -0.2) is 67.2 Å². The third-order valence-electron chi connectivity index (χ3n) is 7.71. The summed E-state index contributed by atoms with van der Waals surface area (Å²) in [6.07, 6.45) is 0. The van der Waals surface area contributed by atoms with Crippen molar-refractivity contribution in [2.24, 2.45) is 0 Å². The van der Waals surface area contributed by atoms with E-state index in [2.05, 4.69) is 6.07 Å². The quantitative estimate of drug-likeness (QED) is 0.111. The summed E-state index contributed by atoms with van der Waals surface area (Å²) in [7, 11) is -21.3. The number of benzene rings is 6. The molecule has 6 aromatic carbocycles. The zero-order chi connectivity index (χ0) is 36.9. The van der Waals surface area contributed by atoms with Crippen molar-refractivity contribution < 1.29 is 67.2 Å². The first-order valence-electron chi connectivity index (χ1n) is 13.3. The minimum Gasteiger partial charge on any atom is -0.507 e. The smallest absolute Gasteiger partial charge is 0.295 e. The average molecular weight is 781 g/mol. The number of halogens is 1. The van der Waals surface area contributed by atoms with E-state index in [1.165, 1.54) is 18.2 Å². The zero-order valence-corrected chi connectivity index (χ0v) is 28.2. The van der Waals surface area contributed by atoms with Crippen molar-refractivity contribution in [3.8, 4) is 39.5 Å². The van der Waals surface area contributed by atoms with Gasteiger partial charge in [0.15, 0.2) is 0 Å². The summed E-state index contributed by atoms with van der Waals surface area (Å²) in [5.74, 6) is -2.79. The maximum absolute atomic E-state index is 13.0. The van der Waals surface area contributed by atoms with Crippen LogP contribution in [0.2, 0.25) is 5.02 Å². The van der Waals surface area contributed by atoms with Gasteiger partial charge < -0.3 is 15.3 Å². The van der Waals surface area contributed by atoms with E-state index in [0.29, 0.717) is 6.07 Å². The first kappa shape index (κ1) is 35.3. The number of aromatic hydroxyl groups is 3. The van der Waals surface area contributed by atoms with Crippen molar-refractivity contribution in [1.29, 1.82) is 0 Å². The van der Waals surface area contributed by atoms with E-state index in [0.717, 1.165) is 36.4 Å². The molecule has 7 N–H and O–H groups in total. The van der Waals surface area contributed by atoms with Gasteiger partial charge in [-0.25, -0.2) is 0 Å². The molecule has 0 fully saturated rings. The van der Waals surface area contributed by atoms with Crippen molar-refractivity contribution in [2.45, 2.75) is 19.6 Å². The second-order valence-electron chi connectivity index (χ2n) is 10.7. The third kappa shape index (κ3) is 5.77. The number of phenols is 3. The van der Waals surface area contributed by atoms with E-state index in [9.17, 15) is 67.2 Å². The van der Waals surface area contributed by atoms with E-state index in [1.807, 2.05) is 6.07 Å². The van der Waals surface area contributed by atoms with Crippen LogP contribution in [0.3, 0.4) is 0 Å². The van der Waals surface area contributed by atoms with Crippen LogP contribution in [0, 0.1) is 12.1 Å². The van der Waals surface area contributed by atoms with Gasteiger partial charge in [0.25, 0.3) is 40.5 Å². The molecule has 0 unspecified atom stereocenters. The Morgan fingerprint density at radius 3 is 1.72 bits per heavy atom. The summed E-state index contributed by atoms with van der Waals surface area (Å²) in [5.41, 5.74) is -2.86. The molecule has 0 spiro atoms. The summed E-state index contributed by atoms with van der Waals surface area (Å²) >= 11 is 6.51. The van der Waals surface area contributed by atoms with Crippen LogP contribution < -0.4 is 0 Å². The fraction of sp³-hybridized carbons (Fsp3) is 0. The lowest BCUT2D eigenvalue weighted by Gasteiger charge is -2.19. The molecule has 0 aliphatic carbocycles. The van der Waals surface area contributed by atoms with Gasteiger partial charge in [0.05, 0.1) is 11.1 Å². The fourth-order valence-electron chi connectivity index (χ4n) is 5.67. The number of hydrogen-bond acceptors (Lipinski definition) is 11. The summed E-state index contributed by atoms with van der Waals surface area (Å²) in [4.78, 5) is -4.48. The van der Waals surface area contributed by atoms with Crippen LogP contribution in [0.5, 0.6) is 17.2 Å². The molecule has 20 heteroatoms. The molecule has 0 aromatic heterocycles. The normalized spacial score (nSPS) is 13.0. The highest BCUT2D eigenvalue weighted by Crippen LogP contribution is 2.50. The Kier molecular flexibility index (Phi) is 8.10. The summed E-state index contributed by atoms with van der Waals surface area (Å²) in [6, 6.07) is 14.6. The van der Waals surface area contributed by atoms with Crippen LogP contribution in [0.1, 0.15) is 0 Å². The Bertz CT molecular complexity index is 2960.